The zero-order valence-electron chi connectivity index (χ0n) is 34.2. The van der Waals surface area contributed by atoms with Gasteiger partial charge < -0.3 is 23.6 Å². The SMILES string of the molecule is COCC[N+](CCOC)=c1ccc2c(/C=C/C=C3\N(CCCCCC(=O)ON4C(=O)CCC4=O)c4ccc(S(=O)(=O)O)cc4C3(C)C)c(C)c(-c3ccccc3)oc-2c1. The standard InChI is InChI=1S/C45H51N3O10S/c1-31-35(36-20-18-33(46(25-27-55-4)26-28-56-5)29-39(36)57-44(31)32-13-8-6-9-14-32)15-12-16-40-45(2,3)37-30-34(59(52,53)54)19-21-38(37)47(40)24-11-7-10-17-43(51)58-48-41(49)22-23-42(48)50/h6,8-9,12-16,18-21,29-30H,7,10-11,17,22-28H2,1-5H3/p+1. The Hall–Kier alpha value is -5.41. The van der Waals surface area contributed by atoms with E-state index in [0.29, 0.717) is 57.2 Å². The molecule has 1 N–H and O–H groups in total. The molecule has 6 rings (SSSR count). The highest BCUT2D eigenvalue weighted by molar-refractivity contribution is 7.85. The quantitative estimate of drug-likeness (QED) is 0.0535. The maximum atomic E-state index is 12.4. The summed E-state index contributed by atoms with van der Waals surface area (Å²) < 4.78 is 54.0. The average Bonchev–Trinajstić information content (AvgIpc) is 3.64. The van der Waals surface area contributed by atoms with Crippen LogP contribution in [-0.4, -0.2) is 82.9 Å². The van der Waals surface area contributed by atoms with Crippen molar-refractivity contribution in [2.45, 2.75) is 69.6 Å². The Morgan fingerprint density at radius 3 is 2.29 bits per heavy atom. The van der Waals surface area contributed by atoms with Crippen molar-refractivity contribution in [1.82, 2.24) is 9.64 Å². The van der Waals surface area contributed by atoms with Gasteiger partial charge in [-0.15, -0.1) is 5.06 Å². The maximum Gasteiger partial charge on any atom is 0.333 e. The molecule has 3 heterocycles. The molecule has 3 aliphatic heterocycles. The van der Waals surface area contributed by atoms with Crippen molar-refractivity contribution >= 4 is 39.7 Å². The van der Waals surface area contributed by atoms with Crippen LogP contribution >= 0.6 is 0 Å². The van der Waals surface area contributed by atoms with Gasteiger partial charge >= 0.3 is 5.97 Å². The molecular formula is C45H52N3O10S+. The van der Waals surface area contributed by atoms with Gasteiger partial charge in [-0.25, -0.2) is 9.37 Å². The number of hydrogen-bond acceptors (Lipinski definition) is 10. The predicted octanol–water partition coefficient (Wildman–Crippen LogP) is 6.53. The number of benzene rings is 3. The number of anilines is 1. The van der Waals surface area contributed by atoms with E-state index in [1.807, 2.05) is 63.3 Å². The lowest BCUT2D eigenvalue weighted by molar-refractivity contribution is -0.197. The van der Waals surface area contributed by atoms with Crippen LogP contribution < -0.4 is 14.8 Å². The first-order chi connectivity index (χ1) is 28.2. The normalized spacial score (nSPS) is 15.9. The smallest absolute Gasteiger partial charge is 0.333 e. The van der Waals surface area contributed by atoms with Crippen LogP contribution in [0.15, 0.2) is 93.9 Å². The van der Waals surface area contributed by atoms with E-state index in [9.17, 15) is 27.4 Å². The number of unbranched alkanes of at least 4 members (excludes halogenated alkanes) is 2. The van der Waals surface area contributed by atoms with Gasteiger partial charge in [0.05, 0.1) is 11.0 Å². The number of ether oxygens (including phenoxy) is 2. The van der Waals surface area contributed by atoms with Crippen LogP contribution in [0.4, 0.5) is 5.69 Å². The topological polar surface area (TPSA) is 156 Å². The van der Waals surface area contributed by atoms with Gasteiger partial charge in [0.1, 0.15) is 24.7 Å². The second-order valence-corrected chi connectivity index (χ2v) is 16.6. The van der Waals surface area contributed by atoms with Crippen LogP contribution in [0.1, 0.15) is 69.1 Å². The zero-order valence-corrected chi connectivity index (χ0v) is 35.0. The lowest BCUT2D eigenvalue weighted by Crippen LogP contribution is -2.35. The van der Waals surface area contributed by atoms with Crippen LogP contribution in [0.5, 0.6) is 0 Å². The third kappa shape index (κ3) is 9.73. The number of hydroxylamine groups is 2. The number of hydrogen-bond donors (Lipinski definition) is 1. The van der Waals surface area contributed by atoms with E-state index in [-0.39, 0.29) is 24.2 Å². The van der Waals surface area contributed by atoms with Crippen molar-refractivity contribution in [3.8, 4) is 22.6 Å². The number of rotatable bonds is 17. The van der Waals surface area contributed by atoms with E-state index in [1.165, 1.54) is 12.1 Å². The molecule has 1 aliphatic carbocycles. The third-order valence-electron chi connectivity index (χ3n) is 10.9. The number of allylic oxidation sites excluding steroid dienone is 3. The first-order valence-electron chi connectivity index (χ1n) is 19.8. The van der Waals surface area contributed by atoms with Crippen molar-refractivity contribution in [2.24, 2.45) is 0 Å². The fourth-order valence-electron chi connectivity index (χ4n) is 7.69. The Morgan fingerprint density at radius 1 is 0.932 bits per heavy atom. The number of carbonyl (C=O) groups excluding carboxylic acids is 3. The number of amides is 2. The summed E-state index contributed by atoms with van der Waals surface area (Å²) in [5.41, 5.74) is 5.65. The van der Waals surface area contributed by atoms with Gasteiger partial charge in [0, 0.05) is 79.6 Å². The number of fused-ring (bicyclic) bond motifs is 2. The second-order valence-electron chi connectivity index (χ2n) is 15.2. The molecule has 312 valence electrons. The van der Waals surface area contributed by atoms with Gasteiger partial charge in [0.15, 0.2) is 13.1 Å². The minimum absolute atomic E-state index is 0.0354. The molecule has 2 aromatic rings. The summed E-state index contributed by atoms with van der Waals surface area (Å²) in [6.45, 7) is 9.11. The van der Waals surface area contributed by atoms with E-state index in [4.69, 9.17) is 18.7 Å². The highest BCUT2D eigenvalue weighted by Gasteiger charge is 2.40. The number of methoxy groups -OCH3 is 2. The number of imide groups is 1. The molecule has 0 saturated carbocycles. The maximum absolute atomic E-state index is 12.4. The zero-order chi connectivity index (χ0) is 42.3. The fraction of sp³-hybridized carbons (Fsp3) is 0.378. The Balaban J connectivity index is 1.34. The molecule has 13 nitrogen and oxygen atoms in total. The molecule has 1 fully saturated rings. The lowest BCUT2D eigenvalue weighted by atomic mass is 9.83. The highest BCUT2D eigenvalue weighted by Crippen LogP contribution is 2.49. The van der Waals surface area contributed by atoms with E-state index in [0.717, 1.165) is 56.1 Å². The average molecular weight is 827 g/mol. The molecule has 0 unspecified atom stereocenters. The van der Waals surface area contributed by atoms with E-state index in [1.54, 1.807) is 20.3 Å². The fourth-order valence-corrected chi connectivity index (χ4v) is 8.20. The highest BCUT2D eigenvalue weighted by atomic mass is 32.2. The van der Waals surface area contributed by atoms with Gasteiger partial charge in [-0.1, -0.05) is 62.8 Å². The van der Waals surface area contributed by atoms with Gasteiger partial charge in [-0.05, 0) is 61.2 Å². The van der Waals surface area contributed by atoms with Crippen LogP contribution in [0.2, 0.25) is 0 Å². The van der Waals surface area contributed by atoms with Crippen molar-refractivity contribution in [3.05, 3.63) is 107 Å². The third-order valence-corrected chi connectivity index (χ3v) is 11.7. The predicted molar refractivity (Wildman–Crippen MR) is 224 cm³/mol. The minimum Gasteiger partial charge on any atom is -0.456 e. The first kappa shape index (κ1) is 43.2. The van der Waals surface area contributed by atoms with Crippen LogP contribution in [0, 0.1) is 6.92 Å². The summed E-state index contributed by atoms with van der Waals surface area (Å²) in [5.74, 6) is -0.200. The molecule has 59 heavy (non-hydrogen) atoms. The van der Waals surface area contributed by atoms with Crippen molar-refractivity contribution < 1.29 is 46.1 Å². The minimum atomic E-state index is -4.45. The van der Waals surface area contributed by atoms with Gasteiger partial charge in [-0.3, -0.25) is 14.1 Å². The molecule has 2 aromatic carbocycles. The molecule has 2 amide bonds. The Bertz CT molecular complexity index is 2390. The van der Waals surface area contributed by atoms with Crippen LogP contribution in [-0.2, 0) is 44.2 Å². The monoisotopic (exact) mass is 826 g/mol. The van der Waals surface area contributed by atoms with Gasteiger partial charge in [0.2, 0.25) is 5.36 Å². The van der Waals surface area contributed by atoms with Crippen LogP contribution in [0.25, 0.3) is 28.7 Å². The first-order valence-corrected chi connectivity index (χ1v) is 21.2. The van der Waals surface area contributed by atoms with Crippen molar-refractivity contribution in [3.63, 3.8) is 0 Å². The molecule has 0 aromatic heterocycles. The number of nitrogens with zero attached hydrogens (tertiary/aromatic N) is 3. The largest absolute Gasteiger partial charge is 0.456 e. The second kappa shape index (κ2) is 18.7. The van der Waals surface area contributed by atoms with Crippen molar-refractivity contribution in [1.29, 1.82) is 0 Å². The summed E-state index contributed by atoms with van der Waals surface area (Å²) >= 11 is 0. The summed E-state index contributed by atoms with van der Waals surface area (Å²) in [6.07, 6.45) is 8.03. The molecule has 0 atom stereocenters. The van der Waals surface area contributed by atoms with Crippen LogP contribution in [0.3, 0.4) is 0 Å². The molecule has 0 bridgehead atoms. The Labute approximate surface area is 345 Å². The van der Waals surface area contributed by atoms with E-state index >= 15 is 0 Å². The van der Waals surface area contributed by atoms with Crippen molar-refractivity contribution in [2.75, 3.05) is 52.0 Å². The molecule has 4 aliphatic rings. The van der Waals surface area contributed by atoms with Gasteiger partial charge in [0.25, 0.3) is 21.9 Å². The molecule has 0 spiro atoms. The Morgan fingerprint density at radius 2 is 1.63 bits per heavy atom. The van der Waals surface area contributed by atoms with Gasteiger partial charge in [-0.2, -0.15) is 8.42 Å². The number of carbonyl (C=O) groups is 3. The Kier molecular flexibility index (Phi) is 13.7. The molecule has 14 heteroatoms. The lowest BCUT2D eigenvalue weighted by Gasteiger charge is -2.27. The molecular weight excluding hydrogens is 775 g/mol. The molecule has 0 radical (unpaired) electrons. The summed E-state index contributed by atoms with van der Waals surface area (Å²) in [4.78, 5) is 43.1. The van der Waals surface area contributed by atoms with E-state index in [2.05, 4.69) is 33.8 Å². The summed E-state index contributed by atoms with van der Waals surface area (Å²) in [7, 11) is -1.08. The van der Waals surface area contributed by atoms with E-state index < -0.39 is 33.3 Å². The summed E-state index contributed by atoms with van der Waals surface area (Å²) in [6, 6.07) is 20.8. The molecule has 1 saturated heterocycles. The summed E-state index contributed by atoms with van der Waals surface area (Å²) in [5, 5.41) is 1.54.